The summed E-state index contributed by atoms with van der Waals surface area (Å²) in [6.45, 7) is 2.86. The highest BCUT2D eigenvalue weighted by molar-refractivity contribution is 6.32. The van der Waals surface area contributed by atoms with Gasteiger partial charge >= 0.3 is 0 Å². The molecule has 1 aliphatic rings. The second kappa shape index (κ2) is 7.17. The molecule has 2 heterocycles. The van der Waals surface area contributed by atoms with Crippen LogP contribution in [0.15, 0.2) is 29.1 Å². The first-order valence-corrected chi connectivity index (χ1v) is 8.09. The number of carbonyl (C=O) groups excluding carboxylic acids is 1. The Labute approximate surface area is 143 Å². The van der Waals surface area contributed by atoms with Crippen molar-refractivity contribution in [3.63, 3.8) is 0 Å². The highest BCUT2D eigenvalue weighted by atomic mass is 35.5. The van der Waals surface area contributed by atoms with Crippen LogP contribution in [0.2, 0.25) is 5.02 Å². The fourth-order valence-corrected chi connectivity index (χ4v) is 3.00. The number of amides is 1. The number of hydrogen-bond acceptors (Lipinski definition) is 5. The van der Waals surface area contributed by atoms with Crippen molar-refractivity contribution in [3.05, 3.63) is 41.3 Å². The number of ether oxygens (including phenoxy) is 1. The third kappa shape index (κ3) is 3.67. The third-order valence-corrected chi connectivity index (χ3v) is 4.39. The summed E-state index contributed by atoms with van der Waals surface area (Å²) in [6, 6.07) is 3.82. The predicted octanol–water partition coefficient (Wildman–Crippen LogP) is 3.04. The standard InChI is InChI=1S/C16H17ClFN3O3/c1-10(24-14-3-2-12(18)8-13(14)17)16(22)21-6-4-11(5-7-21)15-19-9-23-20-15/h2-3,8-11H,4-7H2,1H3/t10-/m0/s1. The number of carbonyl (C=O) groups is 1. The van der Waals surface area contributed by atoms with E-state index in [1.165, 1.54) is 18.5 Å². The van der Waals surface area contributed by atoms with Crippen molar-refractivity contribution in [3.8, 4) is 5.75 Å². The largest absolute Gasteiger partial charge is 0.479 e. The molecule has 0 bridgehead atoms. The van der Waals surface area contributed by atoms with Gasteiger partial charge in [-0.05, 0) is 38.0 Å². The number of piperidine rings is 1. The first-order chi connectivity index (χ1) is 11.5. The molecule has 1 atom stereocenters. The minimum Gasteiger partial charge on any atom is -0.479 e. The minimum atomic E-state index is -0.699. The van der Waals surface area contributed by atoms with Crippen LogP contribution in [-0.2, 0) is 4.79 Å². The normalized spacial score (nSPS) is 16.9. The molecule has 1 aromatic carbocycles. The van der Waals surface area contributed by atoms with Gasteiger partial charge in [0.2, 0.25) is 6.39 Å². The molecule has 1 aliphatic heterocycles. The smallest absolute Gasteiger partial charge is 0.263 e. The molecule has 0 saturated carbocycles. The van der Waals surface area contributed by atoms with Crippen molar-refractivity contribution >= 4 is 17.5 Å². The van der Waals surface area contributed by atoms with E-state index in [2.05, 4.69) is 10.1 Å². The number of benzene rings is 1. The average molecular weight is 354 g/mol. The topological polar surface area (TPSA) is 68.5 Å². The van der Waals surface area contributed by atoms with Gasteiger partial charge in [0.15, 0.2) is 11.9 Å². The number of rotatable bonds is 4. The lowest BCUT2D eigenvalue weighted by Crippen LogP contribution is -2.44. The minimum absolute atomic E-state index is 0.123. The Morgan fingerprint density at radius 1 is 1.46 bits per heavy atom. The van der Waals surface area contributed by atoms with E-state index in [9.17, 15) is 9.18 Å². The van der Waals surface area contributed by atoms with E-state index in [4.69, 9.17) is 20.9 Å². The van der Waals surface area contributed by atoms with Crippen molar-refractivity contribution in [2.45, 2.75) is 31.8 Å². The molecular weight excluding hydrogens is 337 g/mol. The van der Waals surface area contributed by atoms with Gasteiger partial charge in [0.1, 0.15) is 11.6 Å². The molecular formula is C16H17ClFN3O3. The summed E-state index contributed by atoms with van der Waals surface area (Å²) in [5, 5.41) is 4.00. The van der Waals surface area contributed by atoms with Crippen molar-refractivity contribution in [1.82, 2.24) is 15.0 Å². The van der Waals surface area contributed by atoms with Gasteiger partial charge in [-0.3, -0.25) is 4.79 Å². The summed E-state index contributed by atoms with van der Waals surface area (Å²) in [5.41, 5.74) is 0. The number of nitrogens with zero attached hydrogens (tertiary/aromatic N) is 3. The number of aromatic nitrogens is 2. The second-order valence-electron chi connectivity index (χ2n) is 5.72. The Balaban J connectivity index is 1.56. The summed E-state index contributed by atoms with van der Waals surface area (Å²) in [7, 11) is 0. The van der Waals surface area contributed by atoms with E-state index in [1.807, 2.05) is 0 Å². The maximum atomic E-state index is 13.1. The Morgan fingerprint density at radius 3 is 2.83 bits per heavy atom. The van der Waals surface area contributed by atoms with Gasteiger partial charge in [-0.25, -0.2) is 4.39 Å². The average Bonchev–Trinajstić information content (AvgIpc) is 3.11. The molecule has 8 heteroatoms. The number of halogens is 2. The quantitative estimate of drug-likeness (QED) is 0.845. The molecule has 1 fully saturated rings. The number of hydrogen-bond donors (Lipinski definition) is 0. The van der Waals surface area contributed by atoms with Gasteiger partial charge in [0, 0.05) is 19.0 Å². The van der Waals surface area contributed by atoms with Crippen LogP contribution in [0.1, 0.15) is 31.5 Å². The van der Waals surface area contributed by atoms with Crippen LogP contribution in [0, 0.1) is 5.82 Å². The van der Waals surface area contributed by atoms with Gasteiger partial charge in [0.25, 0.3) is 5.91 Å². The van der Waals surface area contributed by atoms with E-state index in [0.29, 0.717) is 24.7 Å². The van der Waals surface area contributed by atoms with Crippen LogP contribution in [-0.4, -0.2) is 40.1 Å². The van der Waals surface area contributed by atoms with E-state index in [0.717, 1.165) is 18.9 Å². The Morgan fingerprint density at radius 2 is 2.21 bits per heavy atom. The zero-order chi connectivity index (χ0) is 17.1. The first kappa shape index (κ1) is 16.7. The van der Waals surface area contributed by atoms with Crippen molar-refractivity contribution in [1.29, 1.82) is 0 Å². The van der Waals surface area contributed by atoms with E-state index < -0.39 is 11.9 Å². The molecule has 0 unspecified atom stereocenters. The fourth-order valence-electron chi connectivity index (χ4n) is 2.79. The van der Waals surface area contributed by atoms with Crippen LogP contribution in [0.5, 0.6) is 5.75 Å². The SMILES string of the molecule is C[C@H](Oc1ccc(F)cc1Cl)C(=O)N1CCC(c2ncon2)CC1. The maximum absolute atomic E-state index is 13.1. The Hall–Kier alpha value is -2.15. The van der Waals surface area contributed by atoms with Gasteiger partial charge in [-0.1, -0.05) is 16.8 Å². The van der Waals surface area contributed by atoms with Crippen LogP contribution in [0.3, 0.4) is 0 Å². The van der Waals surface area contributed by atoms with Crippen LogP contribution in [0.4, 0.5) is 4.39 Å². The van der Waals surface area contributed by atoms with Gasteiger partial charge in [-0.2, -0.15) is 4.98 Å². The zero-order valence-electron chi connectivity index (χ0n) is 13.1. The van der Waals surface area contributed by atoms with E-state index in [1.54, 1.807) is 11.8 Å². The highest BCUT2D eigenvalue weighted by Gasteiger charge is 2.29. The second-order valence-corrected chi connectivity index (χ2v) is 6.13. The Bertz CT molecular complexity index is 703. The summed E-state index contributed by atoms with van der Waals surface area (Å²) >= 11 is 5.93. The summed E-state index contributed by atoms with van der Waals surface area (Å²) < 4.78 is 23.4. The molecule has 0 aliphatic carbocycles. The molecule has 0 N–H and O–H groups in total. The molecule has 0 radical (unpaired) electrons. The Kier molecular flexibility index (Phi) is 4.99. The molecule has 6 nitrogen and oxygen atoms in total. The highest BCUT2D eigenvalue weighted by Crippen LogP contribution is 2.28. The lowest BCUT2D eigenvalue weighted by atomic mass is 9.96. The molecule has 3 rings (SSSR count). The van der Waals surface area contributed by atoms with Crippen LogP contribution in [0.25, 0.3) is 0 Å². The van der Waals surface area contributed by atoms with Crippen molar-refractivity contribution in [2.75, 3.05) is 13.1 Å². The van der Waals surface area contributed by atoms with E-state index in [-0.39, 0.29) is 16.8 Å². The maximum Gasteiger partial charge on any atom is 0.263 e. The molecule has 2 aromatic rings. The summed E-state index contributed by atoms with van der Waals surface area (Å²) in [6.07, 6.45) is 2.16. The fraction of sp³-hybridized carbons (Fsp3) is 0.438. The summed E-state index contributed by atoms with van der Waals surface area (Å²) in [5.74, 6) is 0.609. The molecule has 1 saturated heterocycles. The molecule has 1 aromatic heterocycles. The van der Waals surface area contributed by atoms with Gasteiger partial charge in [-0.15, -0.1) is 0 Å². The zero-order valence-corrected chi connectivity index (χ0v) is 13.9. The monoisotopic (exact) mass is 353 g/mol. The van der Waals surface area contributed by atoms with Crippen LogP contribution >= 0.6 is 11.6 Å². The van der Waals surface area contributed by atoms with E-state index >= 15 is 0 Å². The molecule has 128 valence electrons. The third-order valence-electron chi connectivity index (χ3n) is 4.10. The molecule has 0 spiro atoms. The lowest BCUT2D eigenvalue weighted by molar-refractivity contribution is -0.139. The van der Waals surface area contributed by atoms with Crippen molar-refractivity contribution in [2.24, 2.45) is 0 Å². The van der Waals surface area contributed by atoms with Crippen molar-refractivity contribution < 1.29 is 18.4 Å². The molecule has 24 heavy (non-hydrogen) atoms. The van der Waals surface area contributed by atoms with Crippen LogP contribution < -0.4 is 4.74 Å². The first-order valence-electron chi connectivity index (χ1n) is 7.71. The molecule has 1 amide bonds. The van der Waals surface area contributed by atoms with Gasteiger partial charge < -0.3 is 14.2 Å². The number of likely N-dealkylation sites (tertiary alicyclic amines) is 1. The summed E-state index contributed by atoms with van der Waals surface area (Å²) in [4.78, 5) is 18.3. The predicted molar refractivity (Wildman–Crippen MR) is 84.4 cm³/mol. The van der Waals surface area contributed by atoms with Gasteiger partial charge in [0.05, 0.1) is 5.02 Å². The lowest BCUT2D eigenvalue weighted by Gasteiger charge is -2.32.